The maximum Gasteiger partial charge on any atom is 0.187 e. The van der Waals surface area contributed by atoms with Gasteiger partial charge in [0, 0.05) is 44.2 Å². The molecule has 12 aromatic rings. The van der Waals surface area contributed by atoms with Gasteiger partial charge in [-0.2, -0.15) is 10.5 Å². The van der Waals surface area contributed by atoms with Crippen LogP contribution in [0.25, 0.3) is 122 Å². The molecular formula is C65H38N8. The number of nitrogens with zero attached hydrogens (tertiary/aromatic N) is 8. The molecule has 12 rings (SSSR count). The van der Waals surface area contributed by atoms with Gasteiger partial charge in [-0.1, -0.05) is 170 Å². The molecule has 0 N–H and O–H groups in total. The molecule has 0 saturated heterocycles. The topological polar surface area (TPSA) is 108 Å². The zero-order valence-corrected chi connectivity index (χ0v) is 39.0. The van der Waals surface area contributed by atoms with Gasteiger partial charge in [-0.25, -0.2) is 24.8 Å². The third-order valence-electron chi connectivity index (χ3n) is 13.1. The third kappa shape index (κ3) is 8.32. The highest BCUT2D eigenvalue weighted by atomic mass is 15.0. The summed E-state index contributed by atoms with van der Waals surface area (Å²) in [5.74, 6) is 1.07. The molecule has 0 radical (unpaired) electrons. The van der Waals surface area contributed by atoms with Gasteiger partial charge in [0.25, 0.3) is 0 Å². The van der Waals surface area contributed by atoms with Crippen molar-refractivity contribution in [2.45, 2.75) is 0 Å². The van der Waals surface area contributed by atoms with Crippen LogP contribution < -0.4 is 0 Å². The fraction of sp³-hybridized carbons (Fsp3) is 0. The Bertz CT molecular complexity index is 3810. The number of aromatic nitrogens is 5. The van der Waals surface area contributed by atoms with E-state index in [1.54, 1.807) is 0 Å². The highest BCUT2D eigenvalue weighted by Crippen LogP contribution is 2.45. The van der Waals surface area contributed by atoms with Gasteiger partial charge in [-0.3, -0.25) is 0 Å². The molecule has 3 aromatic heterocycles. The van der Waals surface area contributed by atoms with Crippen molar-refractivity contribution in [2.24, 2.45) is 0 Å². The average molecular weight is 931 g/mol. The van der Waals surface area contributed by atoms with E-state index in [1.807, 2.05) is 194 Å². The summed E-state index contributed by atoms with van der Waals surface area (Å²) in [5, 5.41) is 22.7. The van der Waals surface area contributed by atoms with E-state index in [1.165, 1.54) is 0 Å². The van der Waals surface area contributed by atoms with E-state index in [0.29, 0.717) is 51.0 Å². The highest BCUT2D eigenvalue weighted by Gasteiger charge is 2.25. The van der Waals surface area contributed by atoms with Gasteiger partial charge in [0.2, 0.25) is 0 Å². The Balaban J connectivity index is 1.22. The standard InChI is InChI=1S/C65H38N8/c1-68-52-30-26-45(27-31-52)51-29-33-62-54(37-51)53-36-50(44-24-22-42(40-66)23-25-44)28-32-61(53)73(62)63-55(59-38-57(46-14-6-2-7-15-46)69-64(71-59)48-18-10-4-11-19-48)34-43(41-67)35-56(63)60-39-58(47-16-8-3-9-17-47)70-65(72-60)49-20-12-5-13-21-49/h2-39H. The number of hydrogen-bond donors (Lipinski definition) is 0. The Morgan fingerprint density at radius 3 is 1.15 bits per heavy atom. The van der Waals surface area contributed by atoms with Crippen molar-refractivity contribution in [1.82, 2.24) is 24.5 Å². The van der Waals surface area contributed by atoms with E-state index in [4.69, 9.17) is 26.5 Å². The van der Waals surface area contributed by atoms with Crippen LogP contribution in [-0.2, 0) is 0 Å². The largest absolute Gasteiger partial charge is 0.308 e. The molecule has 0 spiro atoms. The molecule has 0 aliphatic heterocycles. The van der Waals surface area contributed by atoms with Crippen LogP contribution in [0, 0.1) is 29.2 Å². The van der Waals surface area contributed by atoms with E-state index >= 15 is 0 Å². The van der Waals surface area contributed by atoms with Crippen LogP contribution in [0.5, 0.6) is 0 Å². The van der Waals surface area contributed by atoms with Crippen molar-refractivity contribution in [3.8, 4) is 108 Å². The smallest absolute Gasteiger partial charge is 0.187 e. The molecule has 0 amide bonds. The third-order valence-corrected chi connectivity index (χ3v) is 13.1. The second kappa shape index (κ2) is 18.7. The second-order valence-electron chi connectivity index (χ2n) is 17.6. The number of fused-ring (bicyclic) bond motifs is 3. The maximum absolute atomic E-state index is 11.1. The molecule has 0 unspecified atom stereocenters. The summed E-state index contributed by atoms with van der Waals surface area (Å²) in [4.78, 5) is 24.8. The van der Waals surface area contributed by atoms with Gasteiger partial charge < -0.3 is 4.57 Å². The van der Waals surface area contributed by atoms with Gasteiger partial charge in [-0.15, -0.1) is 0 Å². The van der Waals surface area contributed by atoms with Gasteiger partial charge >= 0.3 is 0 Å². The van der Waals surface area contributed by atoms with Crippen LogP contribution in [0.3, 0.4) is 0 Å². The molecule has 73 heavy (non-hydrogen) atoms. The highest BCUT2D eigenvalue weighted by molar-refractivity contribution is 6.13. The zero-order valence-electron chi connectivity index (χ0n) is 39.0. The van der Waals surface area contributed by atoms with Crippen molar-refractivity contribution < 1.29 is 0 Å². The summed E-state index contributed by atoms with van der Waals surface area (Å²) in [6.45, 7) is 7.59. The normalized spacial score (nSPS) is 11.0. The first-order valence-electron chi connectivity index (χ1n) is 23.7. The maximum atomic E-state index is 11.1. The van der Waals surface area contributed by atoms with Gasteiger partial charge in [0.1, 0.15) is 0 Å². The van der Waals surface area contributed by atoms with Crippen LogP contribution in [0.2, 0.25) is 0 Å². The molecule has 8 nitrogen and oxygen atoms in total. The van der Waals surface area contributed by atoms with E-state index < -0.39 is 0 Å². The van der Waals surface area contributed by atoms with E-state index in [0.717, 1.165) is 83.4 Å². The van der Waals surface area contributed by atoms with Gasteiger partial charge in [0.05, 0.1) is 69.3 Å². The summed E-state index contributed by atoms with van der Waals surface area (Å²) < 4.78 is 2.28. The van der Waals surface area contributed by atoms with E-state index in [2.05, 4.69) is 57.9 Å². The summed E-state index contributed by atoms with van der Waals surface area (Å²) in [6.07, 6.45) is 0. The second-order valence-corrected chi connectivity index (χ2v) is 17.6. The molecular weight excluding hydrogens is 893 g/mol. The summed E-state index contributed by atoms with van der Waals surface area (Å²) in [7, 11) is 0. The van der Waals surface area contributed by atoms with Crippen molar-refractivity contribution in [3.63, 3.8) is 0 Å². The van der Waals surface area contributed by atoms with Crippen LogP contribution in [-0.4, -0.2) is 24.5 Å². The Labute approximate surface area is 421 Å². The molecule has 0 fully saturated rings. The Morgan fingerprint density at radius 2 is 0.740 bits per heavy atom. The molecule has 3 heterocycles. The van der Waals surface area contributed by atoms with Crippen LogP contribution >= 0.6 is 0 Å². The summed E-state index contributed by atoms with van der Waals surface area (Å²) >= 11 is 0. The molecule has 0 atom stereocenters. The molecule has 8 heteroatoms. The van der Waals surface area contributed by atoms with Crippen LogP contribution in [0.1, 0.15) is 11.1 Å². The molecule has 0 aliphatic rings. The number of benzene rings is 9. The predicted molar refractivity (Wildman–Crippen MR) is 291 cm³/mol. The van der Waals surface area contributed by atoms with Crippen molar-refractivity contribution in [2.75, 3.05) is 0 Å². The molecule has 338 valence electrons. The van der Waals surface area contributed by atoms with Crippen LogP contribution in [0.15, 0.2) is 231 Å². The summed E-state index contributed by atoms with van der Waals surface area (Å²) in [5.41, 5.74) is 15.7. The monoisotopic (exact) mass is 930 g/mol. The van der Waals surface area contributed by atoms with Crippen molar-refractivity contribution >= 4 is 27.5 Å². The average Bonchev–Trinajstić information content (AvgIpc) is 3.80. The lowest BCUT2D eigenvalue weighted by Crippen LogP contribution is -2.05. The molecule has 0 saturated carbocycles. The first kappa shape index (κ1) is 43.7. The lowest BCUT2D eigenvalue weighted by atomic mass is 9.95. The molecule has 0 bridgehead atoms. The Morgan fingerprint density at radius 1 is 0.356 bits per heavy atom. The lowest BCUT2D eigenvalue weighted by Gasteiger charge is -2.20. The van der Waals surface area contributed by atoms with Gasteiger partial charge in [0.15, 0.2) is 17.3 Å². The minimum atomic E-state index is 0.421. The quantitative estimate of drug-likeness (QED) is 0.133. The fourth-order valence-electron chi connectivity index (χ4n) is 9.54. The Hall–Kier alpha value is -10.6. The van der Waals surface area contributed by atoms with E-state index in [-0.39, 0.29) is 0 Å². The molecule has 0 aliphatic carbocycles. The summed E-state index contributed by atoms with van der Waals surface area (Å²) in [6, 6.07) is 81.0. The number of hydrogen-bond acceptors (Lipinski definition) is 6. The first-order valence-corrected chi connectivity index (χ1v) is 23.7. The minimum absolute atomic E-state index is 0.421. The predicted octanol–water partition coefficient (Wildman–Crippen LogP) is 16.0. The Kier molecular flexibility index (Phi) is 11.2. The SMILES string of the molecule is [C-]#[N+]c1ccc(-c2ccc3c(c2)c2cc(-c4ccc(C#N)cc4)ccc2n3-c2c(-c3cc(-c4ccccc4)nc(-c4ccccc4)n3)cc(C#N)cc2-c2cc(-c3ccccc3)nc(-c3ccccc3)n2)cc1. The van der Waals surface area contributed by atoms with Crippen molar-refractivity contribution in [3.05, 3.63) is 253 Å². The zero-order chi connectivity index (χ0) is 49.3. The molecule has 9 aromatic carbocycles. The number of nitriles is 2. The van der Waals surface area contributed by atoms with Gasteiger partial charge in [-0.05, 0) is 82.9 Å². The minimum Gasteiger partial charge on any atom is -0.308 e. The van der Waals surface area contributed by atoms with Crippen LogP contribution in [0.4, 0.5) is 5.69 Å². The fourth-order valence-corrected chi connectivity index (χ4v) is 9.54. The van der Waals surface area contributed by atoms with E-state index in [9.17, 15) is 10.5 Å². The lowest BCUT2D eigenvalue weighted by molar-refractivity contribution is 1.14. The first-order chi connectivity index (χ1) is 36.0. The number of rotatable bonds is 9. The van der Waals surface area contributed by atoms with Crippen molar-refractivity contribution in [1.29, 1.82) is 10.5 Å².